The SMILES string of the molecule is C=C(/C=C(CC)/N=C\CC(C)OC)C(F)(F)F. The lowest BCUT2D eigenvalue weighted by Crippen LogP contribution is -2.09. The van der Waals surface area contributed by atoms with Crippen LogP contribution in [0.1, 0.15) is 26.7 Å². The van der Waals surface area contributed by atoms with Crippen LogP contribution in [0, 0.1) is 0 Å². The van der Waals surface area contributed by atoms with Gasteiger partial charge in [0.25, 0.3) is 0 Å². The van der Waals surface area contributed by atoms with Gasteiger partial charge in [-0.1, -0.05) is 13.5 Å². The fourth-order valence-corrected chi connectivity index (χ4v) is 0.928. The molecular formula is C12H18F3NO. The summed E-state index contributed by atoms with van der Waals surface area (Å²) in [7, 11) is 1.57. The Hall–Kier alpha value is -1.10. The van der Waals surface area contributed by atoms with E-state index in [2.05, 4.69) is 11.6 Å². The maximum atomic E-state index is 12.2. The third-order valence-corrected chi connectivity index (χ3v) is 2.16. The van der Waals surface area contributed by atoms with Crippen LogP contribution < -0.4 is 0 Å². The molecule has 0 spiro atoms. The quantitative estimate of drug-likeness (QED) is 0.517. The molecule has 2 nitrogen and oxygen atoms in total. The van der Waals surface area contributed by atoms with Crippen molar-refractivity contribution >= 4 is 6.21 Å². The van der Waals surface area contributed by atoms with Crippen molar-refractivity contribution < 1.29 is 17.9 Å². The maximum Gasteiger partial charge on any atom is 0.415 e. The number of ether oxygens (including phenoxy) is 1. The molecule has 0 aliphatic heterocycles. The Morgan fingerprint density at radius 1 is 1.47 bits per heavy atom. The van der Waals surface area contributed by atoms with Crippen molar-refractivity contribution in [1.29, 1.82) is 0 Å². The maximum absolute atomic E-state index is 12.2. The second-order valence-corrected chi connectivity index (χ2v) is 3.61. The molecular weight excluding hydrogens is 231 g/mol. The standard InChI is InChI=1S/C12H18F3NO/c1-5-11(8-9(2)12(13,14)15)16-7-6-10(3)17-4/h7-8,10H,2,5-6H2,1,3-4H3/b11-8+,16-7-. The first-order valence-corrected chi connectivity index (χ1v) is 5.33. The molecule has 17 heavy (non-hydrogen) atoms. The fraction of sp³-hybridized carbons (Fsp3) is 0.583. The Balaban J connectivity index is 4.53. The van der Waals surface area contributed by atoms with Crippen molar-refractivity contribution in [2.45, 2.75) is 39.0 Å². The van der Waals surface area contributed by atoms with Gasteiger partial charge in [-0.25, -0.2) is 0 Å². The summed E-state index contributed by atoms with van der Waals surface area (Å²) in [4.78, 5) is 3.98. The number of nitrogens with zero attached hydrogens (tertiary/aromatic N) is 1. The van der Waals surface area contributed by atoms with Crippen molar-refractivity contribution in [3.05, 3.63) is 23.9 Å². The molecule has 0 radical (unpaired) electrons. The topological polar surface area (TPSA) is 21.6 Å². The van der Waals surface area contributed by atoms with Gasteiger partial charge in [0.15, 0.2) is 0 Å². The fourth-order valence-electron chi connectivity index (χ4n) is 0.928. The highest BCUT2D eigenvalue weighted by Gasteiger charge is 2.30. The first-order chi connectivity index (χ1) is 7.81. The lowest BCUT2D eigenvalue weighted by molar-refractivity contribution is -0.0879. The highest BCUT2D eigenvalue weighted by molar-refractivity contribution is 5.59. The summed E-state index contributed by atoms with van der Waals surface area (Å²) in [6.07, 6.45) is -0.876. The normalized spacial score (nSPS) is 15.3. The van der Waals surface area contributed by atoms with E-state index in [4.69, 9.17) is 4.74 Å². The van der Waals surface area contributed by atoms with E-state index in [0.29, 0.717) is 18.5 Å². The Kier molecular flexibility index (Phi) is 6.80. The average molecular weight is 249 g/mol. The van der Waals surface area contributed by atoms with Crippen LogP contribution in [0.2, 0.25) is 0 Å². The van der Waals surface area contributed by atoms with Crippen molar-refractivity contribution in [2.75, 3.05) is 7.11 Å². The molecule has 0 aliphatic rings. The van der Waals surface area contributed by atoms with E-state index >= 15 is 0 Å². The van der Waals surface area contributed by atoms with Crippen LogP contribution in [0.3, 0.4) is 0 Å². The van der Waals surface area contributed by atoms with E-state index in [0.717, 1.165) is 6.08 Å². The number of hydrogen-bond acceptors (Lipinski definition) is 2. The van der Waals surface area contributed by atoms with E-state index in [1.165, 1.54) is 0 Å². The van der Waals surface area contributed by atoms with Crippen LogP contribution >= 0.6 is 0 Å². The number of rotatable bonds is 6. The summed E-state index contributed by atoms with van der Waals surface area (Å²) < 4.78 is 41.7. The van der Waals surface area contributed by atoms with Crippen LogP contribution in [0.4, 0.5) is 13.2 Å². The molecule has 0 amide bonds. The van der Waals surface area contributed by atoms with Gasteiger partial charge >= 0.3 is 6.18 Å². The lowest BCUT2D eigenvalue weighted by atomic mass is 10.2. The first-order valence-electron chi connectivity index (χ1n) is 5.33. The third kappa shape index (κ3) is 6.94. The van der Waals surface area contributed by atoms with Crippen LogP contribution in [-0.2, 0) is 4.74 Å². The molecule has 0 aromatic rings. The average Bonchev–Trinajstić information content (AvgIpc) is 2.25. The van der Waals surface area contributed by atoms with Gasteiger partial charge in [0.2, 0.25) is 0 Å². The molecule has 0 heterocycles. The second kappa shape index (κ2) is 7.27. The van der Waals surface area contributed by atoms with Gasteiger partial charge < -0.3 is 4.74 Å². The van der Waals surface area contributed by atoms with E-state index in [9.17, 15) is 13.2 Å². The summed E-state index contributed by atoms with van der Waals surface area (Å²) in [5, 5.41) is 0. The third-order valence-electron chi connectivity index (χ3n) is 2.16. The molecule has 0 bridgehead atoms. The molecule has 5 heteroatoms. The number of aliphatic imine (C=N–C) groups is 1. The van der Waals surface area contributed by atoms with Gasteiger partial charge in [0.05, 0.1) is 11.7 Å². The molecule has 1 unspecified atom stereocenters. The molecule has 0 saturated carbocycles. The monoisotopic (exact) mass is 249 g/mol. The number of methoxy groups -OCH3 is 1. The molecule has 0 aromatic heterocycles. The summed E-state index contributed by atoms with van der Waals surface area (Å²) in [6.45, 7) is 6.57. The Morgan fingerprint density at radius 2 is 2.06 bits per heavy atom. The molecule has 0 fully saturated rings. The zero-order valence-corrected chi connectivity index (χ0v) is 10.3. The smallest absolute Gasteiger partial charge is 0.381 e. The minimum Gasteiger partial charge on any atom is -0.381 e. The van der Waals surface area contributed by atoms with E-state index in [-0.39, 0.29) is 6.10 Å². The largest absolute Gasteiger partial charge is 0.415 e. The molecule has 0 aromatic carbocycles. The van der Waals surface area contributed by atoms with Crippen LogP contribution in [-0.4, -0.2) is 25.6 Å². The van der Waals surface area contributed by atoms with Gasteiger partial charge in [-0.3, -0.25) is 4.99 Å². The van der Waals surface area contributed by atoms with Gasteiger partial charge in [-0.05, 0) is 19.4 Å². The zero-order chi connectivity index (χ0) is 13.5. The van der Waals surface area contributed by atoms with Gasteiger partial charge in [0, 0.05) is 25.4 Å². The van der Waals surface area contributed by atoms with Gasteiger partial charge in [0.1, 0.15) is 0 Å². The number of allylic oxidation sites excluding steroid dienone is 3. The first kappa shape index (κ1) is 15.9. The zero-order valence-electron chi connectivity index (χ0n) is 10.3. The van der Waals surface area contributed by atoms with E-state index in [1.54, 1.807) is 20.2 Å². The van der Waals surface area contributed by atoms with Crippen molar-refractivity contribution in [3.63, 3.8) is 0 Å². The molecule has 98 valence electrons. The summed E-state index contributed by atoms with van der Waals surface area (Å²) >= 11 is 0. The minimum atomic E-state index is -4.39. The summed E-state index contributed by atoms with van der Waals surface area (Å²) in [6, 6.07) is 0. The molecule has 0 aliphatic carbocycles. The van der Waals surface area contributed by atoms with Crippen LogP contribution in [0.15, 0.2) is 28.9 Å². The van der Waals surface area contributed by atoms with E-state index < -0.39 is 11.7 Å². The van der Waals surface area contributed by atoms with Crippen molar-refractivity contribution in [3.8, 4) is 0 Å². The Morgan fingerprint density at radius 3 is 2.47 bits per heavy atom. The summed E-state index contributed by atoms with van der Waals surface area (Å²) in [5.74, 6) is 0. The number of hydrogen-bond donors (Lipinski definition) is 0. The summed E-state index contributed by atoms with van der Waals surface area (Å²) in [5.41, 5.74) is -0.526. The Labute approximate surface area is 99.9 Å². The predicted molar refractivity (Wildman–Crippen MR) is 63.1 cm³/mol. The number of halogens is 3. The molecule has 0 N–H and O–H groups in total. The van der Waals surface area contributed by atoms with Crippen LogP contribution in [0.5, 0.6) is 0 Å². The van der Waals surface area contributed by atoms with Crippen LogP contribution in [0.25, 0.3) is 0 Å². The highest BCUT2D eigenvalue weighted by Crippen LogP contribution is 2.26. The molecule has 0 rings (SSSR count). The van der Waals surface area contributed by atoms with Gasteiger partial charge in [-0.15, -0.1) is 0 Å². The van der Waals surface area contributed by atoms with Crippen molar-refractivity contribution in [2.24, 2.45) is 4.99 Å². The highest BCUT2D eigenvalue weighted by atomic mass is 19.4. The molecule has 1 atom stereocenters. The minimum absolute atomic E-state index is 0.00248. The number of alkyl halides is 3. The lowest BCUT2D eigenvalue weighted by Gasteiger charge is -2.07. The van der Waals surface area contributed by atoms with Crippen molar-refractivity contribution in [1.82, 2.24) is 0 Å². The Bertz CT molecular complexity index is 305. The molecule has 0 saturated heterocycles. The van der Waals surface area contributed by atoms with Gasteiger partial charge in [-0.2, -0.15) is 13.2 Å². The van der Waals surface area contributed by atoms with E-state index in [1.807, 2.05) is 6.92 Å². The predicted octanol–water partition coefficient (Wildman–Crippen LogP) is 3.89. The second-order valence-electron chi connectivity index (χ2n) is 3.61.